The maximum atomic E-state index is 12.6. The van der Waals surface area contributed by atoms with Crippen LogP contribution >= 0.6 is 0 Å². The first-order valence-corrected chi connectivity index (χ1v) is 8.94. The fraction of sp³-hybridized carbons (Fsp3) is 0.238. The largest absolute Gasteiger partial charge is 0.368 e. The Morgan fingerprint density at radius 2 is 1.52 bits per heavy atom. The monoisotopic (exact) mass is 361 g/mol. The second-order valence-corrected chi connectivity index (χ2v) is 6.40. The third kappa shape index (κ3) is 4.74. The van der Waals surface area contributed by atoms with E-state index in [1.807, 2.05) is 36.4 Å². The van der Waals surface area contributed by atoms with Crippen LogP contribution in [-0.2, 0) is 23.2 Å². The molecule has 0 aliphatic carbocycles. The molecular formula is C21H23N5O. The van der Waals surface area contributed by atoms with Crippen molar-refractivity contribution in [3.63, 3.8) is 0 Å². The third-order valence-corrected chi connectivity index (χ3v) is 4.70. The second kappa shape index (κ2) is 9.00. The number of aryl methyl sites for hydroxylation is 1. The summed E-state index contributed by atoms with van der Waals surface area (Å²) in [6.07, 6.45) is 12.4. The molecule has 1 atom stereocenters. The highest BCUT2D eigenvalue weighted by Crippen LogP contribution is 2.26. The zero-order chi connectivity index (χ0) is 19.0. The lowest BCUT2D eigenvalue weighted by molar-refractivity contribution is -0.125. The number of rotatable bonds is 9. The predicted octanol–water partition coefficient (Wildman–Crippen LogP) is 2.02. The molecule has 3 rings (SSSR count). The lowest BCUT2D eigenvalue weighted by Crippen LogP contribution is -2.53. The minimum Gasteiger partial charge on any atom is -0.368 e. The van der Waals surface area contributed by atoms with Crippen molar-refractivity contribution in [1.82, 2.24) is 20.3 Å². The van der Waals surface area contributed by atoms with E-state index in [0.717, 1.165) is 23.1 Å². The summed E-state index contributed by atoms with van der Waals surface area (Å²) in [7, 11) is 0. The van der Waals surface area contributed by atoms with Gasteiger partial charge in [-0.25, -0.2) is 0 Å². The van der Waals surface area contributed by atoms with Crippen LogP contribution in [0.15, 0.2) is 73.6 Å². The van der Waals surface area contributed by atoms with Crippen molar-refractivity contribution in [3.8, 4) is 0 Å². The fourth-order valence-electron chi connectivity index (χ4n) is 3.15. The predicted molar refractivity (Wildman–Crippen MR) is 104 cm³/mol. The summed E-state index contributed by atoms with van der Waals surface area (Å²) in [4.78, 5) is 24.9. The molecule has 0 saturated heterocycles. The van der Waals surface area contributed by atoms with E-state index >= 15 is 0 Å². The van der Waals surface area contributed by atoms with Crippen LogP contribution in [0.25, 0.3) is 0 Å². The van der Waals surface area contributed by atoms with Gasteiger partial charge >= 0.3 is 0 Å². The zero-order valence-corrected chi connectivity index (χ0v) is 15.1. The number of hydrogen-bond donors (Lipinski definition) is 2. The number of hydrogen-bond acceptors (Lipinski definition) is 5. The molecule has 0 fully saturated rings. The third-order valence-electron chi connectivity index (χ3n) is 4.70. The minimum absolute atomic E-state index is 0.403. The fourth-order valence-corrected chi connectivity index (χ4v) is 3.15. The van der Waals surface area contributed by atoms with Gasteiger partial charge in [-0.1, -0.05) is 6.07 Å². The van der Waals surface area contributed by atoms with Gasteiger partial charge in [0.15, 0.2) is 0 Å². The molecule has 0 saturated carbocycles. The van der Waals surface area contributed by atoms with Crippen molar-refractivity contribution < 1.29 is 4.79 Å². The molecule has 6 nitrogen and oxygen atoms in total. The summed E-state index contributed by atoms with van der Waals surface area (Å²) in [6.45, 7) is 0.609. The maximum absolute atomic E-state index is 12.6. The summed E-state index contributed by atoms with van der Waals surface area (Å²) in [5.41, 5.74) is 7.95. The van der Waals surface area contributed by atoms with E-state index in [1.54, 1.807) is 37.2 Å². The lowest BCUT2D eigenvalue weighted by atomic mass is 9.84. The molecule has 0 spiro atoms. The van der Waals surface area contributed by atoms with E-state index in [2.05, 4.69) is 20.3 Å². The van der Waals surface area contributed by atoms with E-state index in [9.17, 15) is 4.79 Å². The lowest BCUT2D eigenvalue weighted by Gasteiger charge is -2.32. The molecule has 0 aliphatic heterocycles. The number of amides is 1. The first-order chi connectivity index (χ1) is 13.2. The van der Waals surface area contributed by atoms with Crippen molar-refractivity contribution in [2.75, 3.05) is 6.54 Å². The highest BCUT2D eigenvalue weighted by molar-refractivity contribution is 5.86. The molecule has 3 aromatic heterocycles. The van der Waals surface area contributed by atoms with Crippen LogP contribution in [0.4, 0.5) is 0 Å². The summed E-state index contributed by atoms with van der Waals surface area (Å²) in [6, 6.07) is 11.6. The Bertz CT molecular complexity index is 842. The van der Waals surface area contributed by atoms with Crippen LogP contribution < -0.4 is 11.1 Å². The van der Waals surface area contributed by atoms with Gasteiger partial charge in [0.2, 0.25) is 5.91 Å². The number of carbonyl (C=O) groups excluding carboxylic acids is 1. The quantitative estimate of drug-likeness (QED) is 0.608. The summed E-state index contributed by atoms with van der Waals surface area (Å²) in [5, 5.41) is 3.42. The number of aromatic nitrogens is 3. The van der Waals surface area contributed by atoms with E-state index in [0.29, 0.717) is 19.4 Å². The molecule has 0 radical (unpaired) electrons. The second-order valence-electron chi connectivity index (χ2n) is 6.40. The smallest absolute Gasteiger partial charge is 0.242 e. The Morgan fingerprint density at radius 1 is 0.889 bits per heavy atom. The standard InChI is InChI=1S/C21H23N5O/c22-20(27)21(19-2-1-10-25-16-19,9-3-17-4-11-23-12-5-17)26-15-8-18-6-13-24-14-7-18/h1-2,4-7,10-14,16,26H,3,8-9,15H2,(H2,22,27). The van der Waals surface area contributed by atoms with Crippen molar-refractivity contribution in [2.24, 2.45) is 5.73 Å². The molecule has 6 heteroatoms. The molecule has 27 heavy (non-hydrogen) atoms. The number of nitrogens with zero attached hydrogens (tertiary/aromatic N) is 3. The Kier molecular flexibility index (Phi) is 6.22. The van der Waals surface area contributed by atoms with E-state index < -0.39 is 11.4 Å². The average Bonchev–Trinajstić information content (AvgIpc) is 2.72. The van der Waals surface area contributed by atoms with Gasteiger partial charge in [0.25, 0.3) is 0 Å². The molecule has 0 bridgehead atoms. The Labute approximate surface area is 158 Å². The van der Waals surface area contributed by atoms with Crippen molar-refractivity contribution >= 4 is 5.91 Å². The van der Waals surface area contributed by atoms with Gasteiger partial charge in [0.05, 0.1) is 0 Å². The van der Waals surface area contributed by atoms with Gasteiger partial charge in [0, 0.05) is 43.7 Å². The van der Waals surface area contributed by atoms with Gasteiger partial charge in [-0.3, -0.25) is 25.1 Å². The molecule has 1 amide bonds. The highest BCUT2D eigenvalue weighted by Gasteiger charge is 2.37. The van der Waals surface area contributed by atoms with Crippen LogP contribution in [0.2, 0.25) is 0 Å². The number of nitrogens with two attached hydrogens (primary N) is 1. The SMILES string of the molecule is NC(=O)C(CCc1ccncc1)(NCCc1ccncc1)c1cccnc1. The zero-order valence-electron chi connectivity index (χ0n) is 15.1. The van der Waals surface area contributed by atoms with Crippen molar-refractivity contribution in [3.05, 3.63) is 90.3 Å². The molecule has 3 aromatic rings. The number of nitrogens with one attached hydrogen (secondary N) is 1. The van der Waals surface area contributed by atoms with Crippen molar-refractivity contribution in [2.45, 2.75) is 24.8 Å². The van der Waals surface area contributed by atoms with Crippen LogP contribution in [0.1, 0.15) is 23.1 Å². The van der Waals surface area contributed by atoms with Crippen molar-refractivity contribution in [1.29, 1.82) is 0 Å². The van der Waals surface area contributed by atoms with Crippen LogP contribution in [0.5, 0.6) is 0 Å². The normalized spacial score (nSPS) is 13.0. The molecule has 0 aromatic carbocycles. The molecule has 0 aliphatic rings. The molecule has 3 N–H and O–H groups in total. The Balaban J connectivity index is 1.81. The topological polar surface area (TPSA) is 93.8 Å². The molecule has 138 valence electrons. The van der Waals surface area contributed by atoms with E-state index in [4.69, 9.17) is 5.73 Å². The summed E-state index contributed by atoms with van der Waals surface area (Å²) >= 11 is 0. The number of primary amides is 1. The van der Waals surface area contributed by atoms with Gasteiger partial charge in [-0.15, -0.1) is 0 Å². The molecule has 1 unspecified atom stereocenters. The average molecular weight is 361 g/mol. The number of carbonyl (C=O) groups is 1. The van der Waals surface area contributed by atoms with Gasteiger partial charge in [-0.2, -0.15) is 0 Å². The number of pyridine rings is 3. The summed E-state index contributed by atoms with van der Waals surface area (Å²) in [5.74, 6) is -0.403. The Morgan fingerprint density at radius 3 is 2.07 bits per heavy atom. The van der Waals surface area contributed by atoms with E-state index in [1.165, 1.54) is 0 Å². The maximum Gasteiger partial charge on any atom is 0.242 e. The molecular weight excluding hydrogens is 338 g/mol. The minimum atomic E-state index is -0.982. The summed E-state index contributed by atoms with van der Waals surface area (Å²) < 4.78 is 0. The van der Waals surface area contributed by atoms with Crippen LogP contribution in [0.3, 0.4) is 0 Å². The first kappa shape index (κ1) is 18.7. The van der Waals surface area contributed by atoms with Gasteiger partial charge in [-0.05, 0) is 66.3 Å². The first-order valence-electron chi connectivity index (χ1n) is 8.94. The van der Waals surface area contributed by atoms with Crippen LogP contribution in [0, 0.1) is 0 Å². The Hall–Kier alpha value is -3.12. The van der Waals surface area contributed by atoms with Gasteiger partial charge < -0.3 is 5.73 Å². The molecule has 3 heterocycles. The van der Waals surface area contributed by atoms with Crippen LogP contribution in [-0.4, -0.2) is 27.4 Å². The van der Waals surface area contributed by atoms with Gasteiger partial charge in [0.1, 0.15) is 5.54 Å². The van der Waals surface area contributed by atoms with E-state index in [-0.39, 0.29) is 0 Å². The highest BCUT2D eigenvalue weighted by atomic mass is 16.1.